The van der Waals surface area contributed by atoms with Crippen LogP contribution in [0.1, 0.15) is 61.8 Å². The number of hydrogen-bond donors (Lipinski definition) is 0. The molecule has 0 aromatic heterocycles. The molecule has 0 spiro atoms. The Hall–Kier alpha value is -0.260. The fourth-order valence-corrected chi connectivity index (χ4v) is 1.59. The Balaban J connectivity index is 0. The molecule has 0 saturated carbocycles. The van der Waals surface area contributed by atoms with Crippen LogP contribution in [-0.4, -0.2) is 0 Å². The molecule has 0 heteroatoms. The Morgan fingerprint density at radius 2 is 1.00 bits per heavy atom. The van der Waals surface area contributed by atoms with Crippen molar-refractivity contribution in [1.29, 1.82) is 0 Å². The van der Waals surface area contributed by atoms with Gasteiger partial charge in [-0.15, -0.1) is 6.58 Å². The van der Waals surface area contributed by atoms with Gasteiger partial charge < -0.3 is 0 Å². The fourth-order valence-electron chi connectivity index (χ4n) is 1.59. The van der Waals surface area contributed by atoms with Gasteiger partial charge in [0.1, 0.15) is 0 Å². The van der Waals surface area contributed by atoms with Crippen molar-refractivity contribution in [3.05, 3.63) is 12.2 Å². The highest BCUT2D eigenvalue weighted by Gasteiger charge is 2.20. The van der Waals surface area contributed by atoms with Crippen molar-refractivity contribution in [1.82, 2.24) is 0 Å². The van der Waals surface area contributed by atoms with E-state index in [-0.39, 0.29) is 0 Å². The van der Waals surface area contributed by atoms with Crippen molar-refractivity contribution in [2.45, 2.75) is 61.8 Å². The van der Waals surface area contributed by atoms with Gasteiger partial charge in [-0.3, -0.25) is 0 Å². The second-order valence-corrected chi connectivity index (χ2v) is 6.51. The van der Waals surface area contributed by atoms with Crippen molar-refractivity contribution >= 4 is 0 Å². The molecule has 0 fully saturated rings. The summed E-state index contributed by atoms with van der Waals surface area (Å²) in [7, 11) is 0. The minimum absolute atomic E-state index is 0.484. The van der Waals surface area contributed by atoms with E-state index in [1.807, 2.05) is 13.8 Å². The molecule has 0 aliphatic rings. The highest BCUT2D eigenvalue weighted by atomic mass is 14.3. The van der Waals surface area contributed by atoms with Crippen LogP contribution in [0.4, 0.5) is 0 Å². The van der Waals surface area contributed by atoms with E-state index >= 15 is 0 Å². The summed E-state index contributed by atoms with van der Waals surface area (Å²) in [6.07, 6.45) is 1.29. The Morgan fingerprint density at radius 3 is 1.00 bits per heavy atom. The van der Waals surface area contributed by atoms with Gasteiger partial charge in [-0.25, -0.2) is 0 Å². The number of allylic oxidation sites excluding steroid dienone is 1. The number of hydrogen-bond acceptors (Lipinski definition) is 0. The molecule has 0 N–H and O–H groups in total. The summed E-state index contributed by atoms with van der Waals surface area (Å²) in [5, 5.41) is 0. The van der Waals surface area contributed by atoms with Crippen molar-refractivity contribution in [2.75, 3.05) is 0 Å². The van der Waals surface area contributed by atoms with Crippen LogP contribution in [0.3, 0.4) is 0 Å². The van der Waals surface area contributed by atoms with Crippen LogP contribution in [0.5, 0.6) is 0 Å². The Morgan fingerprint density at radius 1 is 0.846 bits per heavy atom. The lowest BCUT2D eigenvalue weighted by molar-refractivity contribution is 0.233. The molecular formula is C13H28. The molecule has 0 heterocycles. The highest BCUT2D eigenvalue weighted by Crippen LogP contribution is 2.31. The summed E-state index contributed by atoms with van der Waals surface area (Å²) >= 11 is 0. The molecule has 0 aromatic carbocycles. The third-order valence-corrected chi connectivity index (χ3v) is 1.06. The molecule has 0 atom stereocenters. The van der Waals surface area contributed by atoms with Gasteiger partial charge in [-0.2, -0.15) is 0 Å². The molecular weight excluding hydrogens is 156 g/mol. The average Bonchev–Trinajstić information content (AvgIpc) is 1.47. The molecule has 0 aliphatic heterocycles. The van der Waals surface area contributed by atoms with Crippen molar-refractivity contribution < 1.29 is 0 Å². The van der Waals surface area contributed by atoms with E-state index < -0.39 is 0 Å². The second-order valence-electron chi connectivity index (χ2n) is 6.51. The van der Waals surface area contributed by atoms with Crippen molar-refractivity contribution in [3.8, 4) is 0 Å². The van der Waals surface area contributed by atoms with Crippen LogP contribution in [0, 0.1) is 10.8 Å². The van der Waals surface area contributed by atoms with Gasteiger partial charge in [0.2, 0.25) is 0 Å². The van der Waals surface area contributed by atoms with E-state index in [2.05, 4.69) is 48.1 Å². The van der Waals surface area contributed by atoms with Crippen molar-refractivity contribution in [3.63, 3.8) is 0 Å². The summed E-state index contributed by atoms with van der Waals surface area (Å²) in [6, 6.07) is 0. The van der Waals surface area contributed by atoms with Gasteiger partial charge in [0.25, 0.3) is 0 Å². The zero-order valence-electron chi connectivity index (χ0n) is 10.9. The lowest BCUT2D eigenvalue weighted by Crippen LogP contribution is -2.16. The topological polar surface area (TPSA) is 0 Å². The smallest absolute Gasteiger partial charge is 0.0378 e. The normalized spacial score (nSPS) is 11.7. The summed E-state index contributed by atoms with van der Waals surface area (Å²) in [4.78, 5) is 0. The molecule has 0 nitrogen and oxygen atoms in total. The second kappa shape index (κ2) is 5.47. The Kier molecular flexibility index (Phi) is 6.40. The Bertz CT molecular complexity index is 122. The first kappa shape index (κ1) is 15.2. The van der Waals surface area contributed by atoms with E-state index in [4.69, 9.17) is 0 Å². The zero-order chi connectivity index (χ0) is 11.3. The van der Waals surface area contributed by atoms with Crippen molar-refractivity contribution in [2.24, 2.45) is 10.8 Å². The van der Waals surface area contributed by atoms with Crippen LogP contribution in [0.2, 0.25) is 0 Å². The van der Waals surface area contributed by atoms with Crippen LogP contribution >= 0.6 is 0 Å². The van der Waals surface area contributed by atoms with Crippen LogP contribution < -0.4 is 0 Å². The summed E-state index contributed by atoms with van der Waals surface area (Å²) in [6.45, 7) is 21.2. The summed E-state index contributed by atoms with van der Waals surface area (Å²) < 4.78 is 0. The maximum atomic E-state index is 3.56. The van der Waals surface area contributed by atoms with Crippen LogP contribution in [-0.2, 0) is 0 Å². The molecule has 0 aliphatic carbocycles. The average molecular weight is 184 g/mol. The quantitative estimate of drug-likeness (QED) is 0.462. The minimum Gasteiger partial charge on any atom is -0.100 e. The Labute approximate surface area is 85.4 Å². The monoisotopic (exact) mass is 184 g/mol. The first-order valence-corrected chi connectivity index (χ1v) is 5.06. The van der Waals surface area contributed by atoms with Gasteiger partial charge in [0, 0.05) is 0 Å². The lowest BCUT2D eigenvalue weighted by Gasteiger charge is -2.28. The van der Waals surface area contributed by atoms with Gasteiger partial charge in [0.05, 0.1) is 0 Å². The van der Waals surface area contributed by atoms with E-state index in [1.165, 1.54) is 12.0 Å². The minimum atomic E-state index is 0.484. The van der Waals surface area contributed by atoms with Gasteiger partial charge >= 0.3 is 0 Å². The molecule has 80 valence electrons. The van der Waals surface area contributed by atoms with E-state index in [0.717, 1.165) is 0 Å². The largest absolute Gasteiger partial charge is 0.100 e. The molecule has 0 bridgehead atoms. The third-order valence-electron chi connectivity index (χ3n) is 1.06. The summed E-state index contributed by atoms with van der Waals surface area (Å²) in [5.41, 5.74) is 2.14. The van der Waals surface area contributed by atoms with Gasteiger partial charge in [0.15, 0.2) is 0 Å². The predicted octanol–water partition coefficient (Wildman–Crippen LogP) is 5.05. The highest BCUT2D eigenvalue weighted by molar-refractivity contribution is 4.78. The molecule has 0 rings (SSSR count). The third kappa shape index (κ3) is 33.8. The van der Waals surface area contributed by atoms with E-state index in [9.17, 15) is 0 Å². The fraction of sp³-hybridized carbons (Fsp3) is 0.846. The van der Waals surface area contributed by atoms with E-state index in [1.54, 1.807) is 0 Å². The lowest BCUT2D eigenvalue weighted by atomic mass is 9.78. The summed E-state index contributed by atoms with van der Waals surface area (Å²) in [5.74, 6) is 0. The SMILES string of the molecule is C=C(C)C.CC(C)(C)CC(C)(C)C. The van der Waals surface area contributed by atoms with E-state index in [0.29, 0.717) is 10.8 Å². The maximum Gasteiger partial charge on any atom is -0.0378 e. The molecule has 13 heavy (non-hydrogen) atoms. The molecule has 0 radical (unpaired) electrons. The molecule has 0 saturated heterocycles. The first-order valence-electron chi connectivity index (χ1n) is 5.06. The van der Waals surface area contributed by atoms with Crippen LogP contribution in [0.25, 0.3) is 0 Å². The number of rotatable bonds is 0. The van der Waals surface area contributed by atoms with Crippen LogP contribution in [0.15, 0.2) is 12.2 Å². The standard InChI is InChI=1S/C9H20.C4H8/c1-8(2,3)7-9(4,5)6;1-4(2)3/h7H2,1-6H3;1H2,2-3H3. The zero-order valence-corrected chi connectivity index (χ0v) is 10.9. The molecule has 0 aromatic rings. The van der Waals surface area contributed by atoms with Gasteiger partial charge in [-0.1, -0.05) is 47.1 Å². The predicted molar refractivity (Wildman–Crippen MR) is 64.0 cm³/mol. The maximum absolute atomic E-state index is 3.56. The first-order chi connectivity index (χ1) is 5.44. The molecule has 0 amide bonds. The van der Waals surface area contributed by atoms with Gasteiger partial charge in [-0.05, 0) is 31.1 Å². The molecule has 0 unspecified atom stereocenters.